The lowest BCUT2D eigenvalue weighted by atomic mass is 10.2. The monoisotopic (exact) mass is 495 g/mol. The molecule has 2 aromatic carbocycles. The molecule has 0 radical (unpaired) electrons. The van der Waals surface area contributed by atoms with E-state index in [1.54, 1.807) is 0 Å². The van der Waals surface area contributed by atoms with Crippen LogP contribution in [-0.4, -0.2) is 69.3 Å². The zero-order valence-corrected chi connectivity index (χ0v) is 19.4. The molecule has 11 heteroatoms. The van der Waals surface area contributed by atoms with E-state index in [4.69, 9.17) is 16.3 Å². The topological polar surface area (TPSA) is 96.0 Å². The van der Waals surface area contributed by atoms with Crippen LogP contribution < -0.4 is 5.32 Å². The molecule has 1 aliphatic heterocycles. The molecule has 176 valence electrons. The number of hydrogen-bond donors (Lipinski definition) is 1. The molecule has 0 saturated carbocycles. The Morgan fingerprint density at radius 2 is 1.85 bits per heavy atom. The first-order chi connectivity index (χ1) is 15.7. The van der Waals surface area contributed by atoms with Crippen LogP contribution in [-0.2, 0) is 24.3 Å². The number of sulfonamides is 1. The van der Waals surface area contributed by atoms with Crippen molar-refractivity contribution in [2.45, 2.75) is 4.90 Å². The predicted octanol–water partition coefficient (Wildman–Crippen LogP) is 2.61. The van der Waals surface area contributed by atoms with Gasteiger partial charge in [0.05, 0.1) is 24.8 Å². The van der Waals surface area contributed by atoms with Gasteiger partial charge in [0.1, 0.15) is 10.7 Å². The number of carbonyl (C=O) groups excluding carboxylic acids is 2. The zero-order chi connectivity index (χ0) is 24.0. The lowest BCUT2D eigenvalue weighted by molar-refractivity contribution is -0.129. The lowest BCUT2D eigenvalue weighted by Gasteiger charge is -2.26. The number of halogens is 2. The normalized spacial score (nSPS) is 14.9. The van der Waals surface area contributed by atoms with Gasteiger partial charge in [0.2, 0.25) is 21.8 Å². The van der Waals surface area contributed by atoms with E-state index in [0.29, 0.717) is 18.8 Å². The smallest absolute Gasteiger partial charge is 0.246 e. The summed E-state index contributed by atoms with van der Waals surface area (Å²) in [6, 6.07) is 9.77. The van der Waals surface area contributed by atoms with Gasteiger partial charge >= 0.3 is 0 Å². The molecule has 8 nitrogen and oxygen atoms in total. The van der Waals surface area contributed by atoms with Gasteiger partial charge in [-0.25, -0.2) is 12.8 Å². The maximum Gasteiger partial charge on any atom is 0.246 e. The summed E-state index contributed by atoms with van der Waals surface area (Å²) in [4.78, 5) is 25.7. The van der Waals surface area contributed by atoms with Crippen LogP contribution in [0.5, 0.6) is 0 Å². The summed E-state index contributed by atoms with van der Waals surface area (Å²) >= 11 is 6.13. The molecule has 2 aromatic rings. The third kappa shape index (κ3) is 6.61. The van der Waals surface area contributed by atoms with Crippen molar-refractivity contribution in [1.82, 2.24) is 9.21 Å². The Bertz CT molecular complexity index is 1150. The molecule has 0 aliphatic carbocycles. The molecule has 0 atom stereocenters. The van der Waals surface area contributed by atoms with Gasteiger partial charge in [0, 0.05) is 31.9 Å². The van der Waals surface area contributed by atoms with Crippen LogP contribution in [0.2, 0.25) is 5.02 Å². The summed E-state index contributed by atoms with van der Waals surface area (Å²) in [6.07, 6.45) is 2.79. The zero-order valence-electron chi connectivity index (χ0n) is 17.8. The molecule has 0 bridgehead atoms. The summed E-state index contributed by atoms with van der Waals surface area (Å²) in [5.41, 5.74) is 0.872. The average molecular weight is 496 g/mol. The number of nitrogens with zero attached hydrogens (tertiary/aromatic N) is 2. The van der Waals surface area contributed by atoms with Crippen molar-refractivity contribution in [2.24, 2.45) is 0 Å². The second-order valence-corrected chi connectivity index (χ2v) is 9.60. The maximum absolute atomic E-state index is 13.0. The third-order valence-corrected chi connectivity index (χ3v) is 7.23. The van der Waals surface area contributed by atoms with Crippen molar-refractivity contribution < 1.29 is 27.1 Å². The number of rotatable bonds is 7. The van der Waals surface area contributed by atoms with E-state index >= 15 is 0 Å². The van der Waals surface area contributed by atoms with Gasteiger partial charge in [-0.3, -0.25) is 9.59 Å². The highest BCUT2D eigenvalue weighted by molar-refractivity contribution is 7.89. The molecule has 0 unspecified atom stereocenters. The molecule has 1 fully saturated rings. The molecule has 33 heavy (non-hydrogen) atoms. The van der Waals surface area contributed by atoms with Gasteiger partial charge in [0.25, 0.3) is 0 Å². The fourth-order valence-electron chi connectivity index (χ4n) is 3.07. The number of nitrogens with one attached hydrogen (secondary N) is 1. The molecule has 3 rings (SSSR count). The molecule has 0 spiro atoms. The van der Waals surface area contributed by atoms with Crippen LogP contribution in [0, 0.1) is 5.82 Å². The molecule has 1 N–H and O–H groups in total. The Kier molecular flexibility index (Phi) is 8.20. The summed E-state index contributed by atoms with van der Waals surface area (Å²) in [5, 5.41) is 2.63. The first kappa shape index (κ1) is 24.8. The standard InChI is InChI=1S/C22H23ClFN3O5S/c1-26(22(29)9-4-16-2-5-17(24)6-3-16)15-21(28)25-18-7-8-19(23)20(14-18)33(30,31)27-10-12-32-13-11-27/h2-9,14H,10-13,15H2,1H3,(H,25,28)/b9-4+. The van der Waals surface area contributed by atoms with Crippen molar-refractivity contribution in [2.75, 3.05) is 45.2 Å². The van der Waals surface area contributed by atoms with Crippen LogP contribution in [0.25, 0.3) is 6.08 Å². The molecule has 0 aromatic heterocycles. The minimum absolute atomic E-state index is 0.0396. The van der Waals surface area contributed by atoms with E-state index in [0.717, 1.165) is 0 Å². The highest BCUT2D eigenvalue weighted by Crippen LogP contribution is 2.28. The minimum Gasteiger partial charge on any atom is -0.379 e. The lowest BCUT2D eigenvalue weighted by Crippen LogP contribution is -2.40. The number of carbonyl (C=O) groups is 2. The second kappa shape index (κ2) is 10.9. The highest BCUT2D eigenvalue weighted by atomic mass is 35.5. The third-order valence-electron chi connectivity index (χ3n) is 4.85. The Morgan fingerprint density at radius 1 is 1.18 bits per heavy atom. The van der Waals surface area contributed by atoms with Gasteiger partial charge in [-0.2, -0.15) is 4.31 Å². The fourth-order valence-corrected chi connectivity index (χ4v) is 4.98. The second-order valence-electron chi connectivity index (χ2n) is 7.29. The first-order valence-electron chi connectivity index (χ1n) is 10.0. The quantitative estimate of drug-likeness (QED) is 0.596. The van der Waals surface area contributed by atoms with Gasteiger partial charge in [-0.15, -0.1) is 0 Å². The molecular weight excluding hydrogens is 473 g/mol. The van der Waals surface area contributed by atoms with E-state index in [-0.39, 0.29) is 41.1 Å². The van der Waals surface area contributed by atoms with E-state index in [9.17, 15) is 22.4 Å². The van der Waals surface area contributed by atoms with Crippen LogP contribution in [0.1, 0.15) is 5.56 Å². The van der Waals surface area contributed by atoms with Crippen LogP contribution in [0.4, 0.5) is 10.1 Å². The van der Waals surface area contributed by atoms with E-state index in [1.807, 2.05) is 0 Å². The van der Waals surface area contributed by atoms with Crippen molar-refractivity contribution in [3.8, 4) is 0 Å². The first-order valence-corrected chi connectivity index (χ1v) is 11.8. The van der Waals surface area contributed by atoms with E-state index in [1.165, 1.54) is 70.9 Å². The Morgan fingerprint density at radius 3 is 2.52 bits per heavy atom. The molecular formula is C22H23ClFN3O5S. The molecule has 1 heterocycles. The number of anilines is 1. The van der Waals surface area contributed by atoms with Gasteiger partial charge in [0.15, 0.2) is 0 Å². The number of ether oxygens (including phenoxy) is 1. The molecule has 1 aliphatic rings. The molecule has 2 amide bonds. The Hall–Kier alpha value is -2.79. The fraction of sp³-hybridized carbons (Fsp3) is 0.273. The SMILES string of the molecule is CN(CC(=O)Nc1ccc(Cl)c(S(=O)(=O)N2CCOCC2)c1)C(=O)/C=C/c1ccc(F)cc1. The van der Waals surface area contributed by atoms with Crippen molar-refractivity contribution >= 4 is 45.2 Å². The van der Waals surface area contributed by atoms with Gasteiger partial charge in [-0.05, 0) is 42.0 Å². The Labute approximate surface area is 196 Å². The maximum atomic E-state index is 13.0. The summed E-state index contributed by atoms with van der Waals surface area (Å²) < 4.78 is 45.3. The number of amides is 2. The van der Waals surface area contributed by atoms with Crippen molar-refractivity contribution in [3.63, 3.8) is 0 Å². The van der Waals surface area contributed by atoms with Crippen LogP contribution >= 0.6 is 11.6 Å². The van der Waals surface area contributed by atoms with Gasteiger partial charge < -0.3 is 15.0 Å². The summed E-state index contributed by atoms with van der Waals surface area (Å²) in [7, 11) is -2.40. The summed E-state index contributed by atoms with van der Waals surface area (Å²) in [5.74, 6) is -1.32. The number of morpholine rings is 1. The van der Waals surface area contributed by atoms with Crippen LogP contribution in [0.3, 0.4) is 0 Å². The highest BCUT2D eigenvalue weighted by Gasteiger charge is 2.28. The number of hydrogen-bond acceptors (Lipinski definition) is 5. The average Bonchev–Trinajstić information content (AvgIpc) is 2.80. The van der Waals surface area contributed by atoms with Crippen molar-refractivity contribution in [3.05, 3.63) is 64.9 Å². The number of benzene rings is 2. The summed E-state index contributed by atoms with van der Waals surface area (Å²) in [6.45, 7) is 0.758. The van der Waals surface area contributed by atoms with E-state index in [2.05, 4.69) is 5.32 Å². The predicted molar refractivity (Wildman–Crippen MR) is 123 cm³/mol. The van der Waals surface area contributed by atoms with Crippen LogP contribution in [0.15, 0.2) is 53.4 Å². The Balaban J connectivity index is 1.63. The van der Waals surface area contributed by atoms with Gasteiger partial charge in [-0.1, -0.05) is 23.7 Å². The van der Waals surface area contributed by atoms with E-state index < -0.39 is 21.8 Å². The number of likely N-dealkylation sites (N-methyl/N-ethyl adjacent to an activating group) is 1. The largest absolute Gasteiger partial charge is 0.379 e. The minimum atomic E-state index is -3.85. The molecule has 1 saturated heterocycles. The van der Waals surface area contributed by atoms with Crippen molar-refractivity contribution in [1.29, 1.82) is 0 Å².